The summed E-state index contributed by atoms with van der Waals surface area (Å²) in [6, 6.07) is 4.15. The molecule has 0 amide bonds. The fraction of sp³-hybridized carbons (Fsp3) is 0.667. The Bertz CT molecular complexity index is 314. The van der Waals surface area contributed by atoms with Gasteiger partial charge in [0.15, 0.2) is 0 Å². The third kappa shape index (κ3) is 4.66. The highest BCUT2D eigenvalue weighted by atomic mass is 16.5. The first-order chi connectivity index (χ1) is 8.17. The minimum atomic E-state index is 0.220. The van der Waals surface area contributed by atoms with Crippen LogP contribution >= 0.6 is 0 Å². The maximum atomic E-state index is 8.86. The summed E-state index contributed by atoms with van der Waals surface area (Å²) in [5, 5.41) is 16.9. The van der Waals surface area contributed by atoms with Gasteiger partial charge in [-0.15, -0.1) is 5.10 Å². The van der Waals surface area contributed by atoms with Crippen LogP contribution < -0.4 is 4.74 Å². The molecule has 17 heavy (non-hydrogen) atoms. The van der Waals surface area contributed by atoms with Gasteiger partial charge in [-0.3, -0.25) is 4.90 Å². The zero-order chi connectivity index (χ0) is 12.7. The van der Waals surface area contributed by atoms with E-state index in [1.165, 1.54) is 0 Å². The van der Waals surface area contributed by atoms with Crippen LogP contribution in [0.5, 0.6) is 5.88 Å². The van der Waals surface area contributed by atoms with Crippen molar-refractivity contribution < 1.29 is 9.84 Å². The Hall–Kier alpha value is -1.20. The van der Waals surface area contributed by atoms with Gasteiger partial charge in [-0.1, -0.05) is 0 Å². The van der Waals surface area contributed by atoms with E-state index in [0.717, 1.165) is 25.2 Å². The van der Waals surface area contributed by atoms with Crippen LogP contribution in [0.4, 0.5) is 0 Å². The lowest BCUT2D eigenvalue weighted by Crippen LogP contribution is -2.32. The molecule has 0 atom stereocenters. The quantitative estimate of drug-likeness (QED) is 0.771. The highest BCUT2D eigenvalue weighted by molar-refractivity contribution is 5.11. The van der Waals surface area contributed by atoms with E-state index in [4.69, 9.17) is 9.84 Å². The van der Waals surface area contributed by atoms with Crippen LogP contribution in [0.25, 0.3) is 0 Å². The first-order valence-corrected chi connectivity index (χ1v) is 5.89. The summed E-state index contributed by atoms with van der Waals surface area (Å²) in [5.74, 6) is 0.528. The van der Waals surface area contributed by atoms with Gasteiger partial charge < -0.3 is 9.84 Å². The van der Waals surface area contributed by atoms with E-state index in [-0.39, 0.29) is 6.61 Å². The second-order valence-corrected chi connectivity index (χ2v) is 4.21. The first-order valence-electron chi connectivity index (χ1n) is 5.89. The smallest absolute Gasteiger partial charge is 0.233 e. The maximum Gasteiger partial charge on any atom is 0.233 e. The van der Waals surface area contributed by atoms with Crippen molar-refractivity contribution in [3.63, 3.8) is 0 Å². The summed E-state index contributed by atoms with van der Waals surface area (Å²) in [6.07, 6.45) is 0.780. The van der Waals surface area contributed by atoms with E-state index >= 15 is 0 Å². The molecule has 0 fully saturated rings. The molecule has 1 rings (SSSR count). The fourth-order valence-electron chi connectivity index (χ4n) is 1.54. The van der Waals surface area contributed by atoms with Gasteiger partial charge in [0, 0.05) is 31.8 Å². The van der Waals surface area contributed by atoms with E-state index in [1.807, 2.05) is 12.1 Å². The topological polar surface area (TPSA) is 58.5 Å². The van der Waals surface area contributed by atoms with E-state index in [9.17, 15) is 0 Å². The van der Waals surface area contributed by atoms with Gasteiger partial charge in [-0.25, -0.2) is 0 Å². The summed E-state index contributed by atoms with van der Waals surface area (Å²) in [6.45, 7) is 6.09. The van der Waals surface area contributed by atoms with Crippen molar-refractivity contribution in [2.75, 3.05) is 20.3 Å². The summed E-state index contributed by atoms with van der Waals surface area (Å²) < 4.78 is 4.97. The van der Waals surface area contributed by atoms with Gasteiger partial charge in [0.1, 0.15) is 0 Å². The van der Waals surface area contributed by atoms with Crippen LogP contribution in [-0.2, 0) is 6.54 Å². The standard InChI is InChI=1S/C12H21N3O2/c1-10(2)15(7-4-8-16)9-11-5-6-12(17-3)14-13-11/h5-6,10,16H,4,7-9H2,1-3H3. The van der Waals surface area contributed by atoms with Crippen LogP contribution in [0.3, 0.4) is 0 Å². The van der Waals surface area contributed by atoms with Gasteiger partial charge in [-0.2, -0.15) is 5.10 Å². The highest BCUT2D eigenvalue weighted by Crippen LogP contribution is 2.09. The molecule has 1 aromatic rings. The van der Waals surface area contributed by atoms with Crippen molar-refractivity contribution in [1.29, 1.82) is 0 Å². The lowest BCUT2D eigenvalue weighted by atomic mass is 10.2. The Morgan fingerprint density at radius 2 is 2.12 bits per heavy atom. The largest absolute Gasteiger partial charge is 0.480 e. The van der Waals surface area contributed by atoms with Crippen LogP contribution in [0.15, 0.2) is 12.1 Å². The first kappa shape index (κ1) is 13.9. The maximum absolute atomic E-state index is 8.86. The summed E-state index contributed by atoms with van der Waals surface area (Å²) in [7, 11) is 1.57. The van der Waals surface area contributed by atoms with Gasteiger partial charge in [-0.05, 0) is 26.3 Å². The second kappa shape index (κ2) is 7.19. The molecule has 1 heterocycles. The molecule has 0 aromatic carbocycles. The van der Waals surface area contributed by atoms with Crippen molar-refractivity contribution in [3.8, 4) is 5.88 Å². The molecule has 0 aliphatic rings. The van der Waals surface area contributed by atoms with E-state index < -0.39 is 0 Å². The van der Waals surface area contributed by atoms with Crippen molar-refractivity contribution in [1.82, 2.24) is 15.1 Å². The molecule has 1 aromatic heterocycles. The van der Waals surface area contributed by atoms with Crippen molar-refractivity contribution >= 4 is 0 Å². The lowest BCUT2D eigenvalue weighted by Gasteiger charge is -2.25. The zero-order valence-corrected chi connectivity index (χ0v) is 10.8. The molecule has 0 saturated heterocycles. The van der Waals surface area contributed by atoms with Gasteiger partial charge >= 0.3 is 0 Å². The Morgan fingerprint density at radius 1 is 1.35 bits per heavy atom. The molecule has 5 nitrogen and oxygen atoms in total. The summed E-state index contributed by atoms with van der Waals surface area (Å²) >= 11 is 0. The predicted octanol–water partition coefficient (Wildman–Crippen LogP) is 1.08. The molecule has 0 saturated carbocycles. The SMILES string of the molecule is COc1ccc(CN(CCCO)C(C)C)nn1. The normalized spacial score (nSPS) is 11.2. The minimum Gasteiger partial charge on any atom is -0.480 e. The molecule has 0 aliphatic heterocycles. The van der Waals surface area contributed by atoms with Crippen LogP contribution in [0.2, 0.25) is 0 Å². The molecule has 0 aliphatic carbocycles. The Kier molecular flexibility index (Phi) is 5.86. The number of aromatic nitrogens is 2. The van der Waals surface area contributed by atoms with Gasteiger partial charge in [0.05, 0.1) is 12.8 Å². The van der Waals surface area contributed by atoms with E-state index in [1.54, 1.807) is 7.11 Å². The predicted molar refractivity (Wildman–Crippen MR) is 65.8 cm³/mol. The summed E-state index contributed by atoms with van der Waals surface area (Å²) in [4.78, 5) is 2.26. The lowest BCUT2D eigenvalue weighted by molar-refractivity contribution is 0.182. The Morgan fingerprint density at radius 3 is 2.59 bits per heavy atom. The zero-order valence-electron chi connectivity index (χ0n) is 10.8. The molecular formula is C12H21N3O2. The number of nitrogens with zero attached hydrogens (tertiary/aromatic N) is 3. The van der Waals surface area contributed by atoms with Gasteiger partial charge in [0.25, 0.3) is 0 Å². The van der Waals surface area contributed by atoms with Gasteiger partial charge in [0.2, 0.25) is 5.88 Å². The Balaban J connectivity index is 2.58. The Labute approximate surface area is 102 Å². The van der Waals surface area contributed by atoms with Crippen molar-refractivity contribution in [3.05, 3.63) is 17.8 Å². The third-order valence-corrected chi connectivity index (χ3v) is 2.60. The number of methoxy groups -OCH3 is 1. The molecule has 96 valence electrons. The number of aliphatic hydroxyl groups is 1. The van der Waals surface area contributed by atoms with Crippen LogP contribution in [0, 0.1) is 0 Å². The molecule has 0 radical (unpaired) electrons. The number of hydrogen-bond acceptors (Lipinski definition) is 5. The van der Waals surface area contributed by atoms with Crippen molar-refractivity contribution in [2.45, 2.75) is 32.9 Å². The molecule has 5 heteroatoms. The van der Waals surface area contributed by atoms with Crippen molar-refractivity contribution in [2.24, 2.45) is 0 Å². The number of rotatable bonds is 7. The van der Waals surface area contributed by atoms with Crippen LogP contribution in [-0.4, -0.2) is 46.5 Å². The van der Waals surface area contributed by atoms with Crippen LogP contribution in [0.1, 0.15) is 26.0 Å². The molecule has 1 N–H and O–H groups in total. The molecule has 0 unspecified atom stereocenters. The highest BCUT2D eigenvalue weighted by Gasteiger charge is 2.10. The second-order valence-electron chi connectivity index (χ2n) is 4.21. The average molecular weight is 239 g/mol. The average Bonchev–Trinajstić information content (AvgIpc) is 2.35. The molecular weight excluding hydrogens is 218 g/mol. The molecule has 0 bridgehead atoms. The number of hydrogen-bond donors (Lipinski definition) is 1. The number of ether oxygens (including phenoxy) is 1. The fourth-order valence-corrected chi connectivity index (χ4v) is 1.54. The summed E-state index contributed by atoms with van der Waals surface area (Å²) in [5.41, 5.74) is 0.914. The third-order valence-electron chi connectivity index (χ3n) is 2.60. The monoisotopic (exact) mass is 239 g/mol. The minimum absolute atomic E-state index is 0.220. The molecule has 0 spiro atoms. The van der Waals surface area contributed by atoms with E-state index in [2.05, 4.69) is 28.9 Å². The van der Waals surface area contributed by atoms with E-state index in [0.29, 0.717) is 11.9 Å². The number of aliphatic hydroxyl groups excluding tert-OH is 1.